The van der Waals surface area contributed by atoms with Crippen LogP contribution in [0.3, 0.4) is 0 Å². The zero-order chi connectivity index (χ0) is 17.9. The van der Waals surface area contributed by atoms with Gasteiger partial charge in [0.2, 0.25) is 0 Å². The molecule has 1 aliphatic rings. The first-order chi connectivity index (χ1) is 12.8. The van der Waals surface area contributed by atoms with Crippen molar-refractivity contribution in [1.29, 1.82) is 0 Å². The minimum atomic E-state index is 0.0849. The van der Waals surface area contributed by atoms with Crippen LogP contribution in [-0.2, 0) is 0 Å². The second-order valence-corrected chi connectivity index (χ2v) is 8.14. The maximum Gasteiger partial charge on any atom is 0.266 e. The fraction of sp³-hybridized carbons (Fsp3) is 0.300. The fourth-order valence-electron chi connectivity index (χ4n) is 3.34. The molecule has 3 heterocycles. The normalized spacial score (nSPS) is 16.8. The third-order valence-electron chi connectivity index (χ3n) is 4.54. The van der Waals surface area contributed by atoms with Crippen LogP contribution in [0.2, 0.25) is 0 Å². The summed E-state index contributed by atoms with van der Waals surface area (Å²) < 4.78 is 5.52. The first-order valence-electron chi connectivity index (χ1n) is 8.79. The summed E-state index contributed by atoms with van der Waals surface area (Å²) in [5.41, 5.74) is 1.17. The summed E-state index contributed by atoms with van der Waals surface area (Å²) >= 11 is 3.13. The van der Waals surface area contributed by atoms with E-state index in [0.29, 0.717) is 11.5 Å². The van der Waals surface area contributed by atoms with Gasteiger partial charge in [0, 0.05) is 6.54 Å². The quantitative estimate of drug-likeness (QED) is 0.603. The lowest BCUT2D eigenvalue weighted by atomic mass is 10.0. The van der Waals surface area contributed by atoms with E-state index in [1.807, 2.05) is 41.5 Å². The van der Waals surface area contributed by atoms with E-state index in [2.05, 4.69) is 17.1 Å². The molecule has 0 aliphatic carbocycles. The van der Waals surface area contributed by atoms with E-state index in [0.717, 1.165) is 35.0 Å². The predicted octanol–water partition coefficient (Wildman–Crippen LogP) is 5.25. The minimum Gasteiger partial charge on any atom is -0.494 e. The Bertz CT molecular complexity index is 872. The third kappa shape index (κ3) is 3.39. The van der Waals surface area contributed by atoms with E-state index in [1.54, 1.807) is 17.5 Å². The van der Waals surface area contributed by atoms with Gasteiger partial charge in [-0.1, -0.05) is 18.2 Å². The van der Waals surface area contributed by atoms with Gasteiger partial charge in [0.25, 0.3) is 5.91 Å². The molecule has 2 aromatic heterocycles. The predicted molar refractivity (Wildman–Crippen MR) is 106 cm³/mol. The molecule has 1 aliphatic heterocycles. The van der Waals surface area contributed by atoms with Crippen molar-refractivity contribution in [2.75, 3.05) is 13.2 Å². The number of rotatable bonds is 5. The van der Waals surface area contributed by atoms with Gasteiger partial charge in [0.1, 0.15) is 15.6 Å². The molecular weight excluding hydrogens is 364 g/mol. The number of aromatic nitrogens is 1. The lowest BCUT2D eigenvalue weighted by molar-refractivity contribution is 0.0740. The second kappa shape index (κ2) is 7.60. The molecule has 1 fully saturated rings. The molecule has 0 saturated carbocycles. The fourth-order valence-corrected chi connectivity index (χ4v) is 5.01. The van der Waals surface area contributed by atoms with Crippen LogP contribution in [0, 0.1) is 0 Å². The van der Waals surface area contributed by atoms with E-state index in [9.17, 15) is 4.79 Å². The van der Waals surface area contributed by atoms with Crippen molar-refractivity contribution in [3.63, 3.8) is 0 Å². The largest absolute Gasteiger partial charge is 0.494 e. The molecule has 1 amide bonds. The highest BCUT2D eigenvalue weighted by Crippen LogP contribution is 2.36. The molecule has 4 rings (SSSR count). The summed E-state index contributed by atoms with van der Waals surface area (Å²) in [6.07, 6.45) is 3.74. The standard InChI is InChI=1S/C20H20N2O2S2/c1-2-24-15-9-7-14(8-10-15)16-5-3-11-22(16)20(23)18-13-21-19(26-18)17-6-4-12-25-17/h4,6-10,12-13,16H,2-3,5,11H2,1H3. The van der Waals surface area contributed by atoms with Crippen molar-refractivity contribution in [2.45, 2.75) is 25.8 Å². The summed E-state index contributed by atoms with van der Waals surface area (Å²) in [4.78, 5) is 21.3. The number of carbonyl (C=O) groups is 1. The zero-order valence-electron chi connectivity index (χ0n) is 14.6. The molecule has 26 heavy (non-hydrogen) atoms. The van der Waals surface area contributed by atoms with Crippen LogP contribution in [-0.4, -0.2) is 28.9 Å². The average Bonchev–Trinajstić information content (AvgIpc) is 3.42. The van der Waals surface area contributed by atoms with Crippen LogP contribution in [0.15, 0.2) is 48.0 Å². The molecule has 1 atom stereocenters. The van der Waals surface area contributed by atoms with Gasteiger partial charge in [0.05, 0.1) is 23.7 Å². The van der Waals surface area contributed by atoms with Crippen molar-refractivity contribution in [2.24, 2.45) is 0 Å². The topological polar surface area (TPSA) is 42.4 Å². The van der Waals surface area contributed by atoms with Gasteiger partial charge < -0.3 is 9.64 Å². The van der Waals surface area contributed by atoms with E-state index in [-0.39, 0.29) is 11.9 Å². The highest BCUT2D eigenvalue weighted by atomic mass is 32.1. The van der Waals surface area contributed by atoms with Gasteiger partial charge in [0.15, 0.2) is 0 Å². The van der Waals surface area contributed by atoms with Crippen molar-refractivity contribution in [1.82, 2.24) is 9.88 Å². The van der Waals surface area contributed by atoms with Gasteiger partial charge in [-0.05, 0) is 48.9 Å². The van der Waals surface area contributed by atoms with Crippen LogP contribution in [0.4, 0.5) is 0 Å². The SMILES string of the molecule is CCOc1ccc(C2CCCN2C(=O)c2cnc(-c3cccs3)s2)cc1. The highest BCUT2D eigenvalue weighted by molar-refractivity contribution is 7.21. The van der Waals surface area contributed by atoms with Crippen molar-refractivity contribution in [3.05, 3.63) is 58.4 Å². The van der Waals surface area contributed by atoms with Crippen LogP contribution in [0.5, 0.6) is 5.75 Å². The number of likely N-dealkylation sites (tertiary alicyclic amines) is 1. The Morgan fingerprint density at radius 2 is 2.15 bits per heavy atom. The van der Waals surface area contributed by atoms with Gasteiger partial charge in [-0.25, -0.2) is 4.98 Å². The molecule has 1 aromatic carbocycles. The first kappa shape index (κ1) is 17.2. The average molecular weight is 385 g/mol. The maximum absolute atomic E-state index is 13.1. The summed E-state index contributed by atoms with van der Waals surface area (Å²) in [5, 5.41) is 2.95. The first-order valence-corrected chi connectivity index (χ1v) is 10.5. The number of thiophene rings is 1. The molecule has 0 radical (unpaired) electrons. The van der Waals surface area contributed by atoms with E-state index >= 15 is 0 Å². The van der Waals surface area contributed by atoms with Crippen molar-refractivity contribution < 1.29 is 9.53 Å². The number of hydrogen-bond donors (Lipinski definition) is 0. The van der Waals surface area contributed by atoms with Gasteiger partial charge in [-0.2, -0.15) is 0 Å². The Balaban J connectivity index is 1.53. The Morgan fingerprint density at radius 1 is 1.31 bits per heavy atom. The Morgan fingerprint density at radius 3 is 2.88 bits per heavy atom. The summed E-state index contributed by atoms with van der Waals surface area (Å²) in [6.45, 7) is 3.43. The van der Waals surface area contributed by atoms with Gasteiger partial charge >= 0.3 is 0 Å². The Hall–Kier alpha value is -2.18. The molecule has 1 unspecified atom stereocenters. The second-order valence-electron chi connectivity index (χ2n) is 6.17. The van der Waals surface area contributed by atoms with Crippen LogP contribution in [0.1, 0.15) is 41.0 Å². The van der Waals surface area contributed by atoms with Gasteiger partial charge in [-0.15, -0.1) is 22.7 Å². The van der Waals surface area contributed by atoms with Crippen LogP contribution in [0.25, 0.3) is 9.88 Å². The number of ether oxygens (including phenoxy) is 1. The molecule has 0 bridgehead atoms. The summed E-state index contributed by atoms with van der Waals surface area (Å²) in [7, 11) is 0. The molecule has 134 valence electrons. The van der Waals surface area contributed by atoms with Crippen LogP contribution < -0.4 is 4.74 Å². The van der Waals surface area contributed by atoms with E-state index < -0.39 is 0 Å². The lowest BCUT2D eigenvalue weighted by Gasteiger charge is -2.24. The number of nitrogens with zero attached hydrogens (tertiary/aromatic N) is 2. The number of benzene rings is 1. The third-order valence-corrected chi connectivity index (χ3v) is 6.56. The smallest absolute Gasteiger partial charge is 0.266 e. The number of carbonyl (C=O) groups excluding carboxylic acids is 1. The van der Waals surface area contributed by atoms with E-state index in [1.165, 1.54) is 16.9 Å². The molecule has 4 nitrogen and oxygen atoms in total. The highest BCUT2D eigenvalue weighted by Gasteiger charge is 2.31. The number of hydrogen-bond acceptors (Lipinski definition) is 5. The summed E-state index contributed by atoms with van der Waals surface area (Å²) in [5.74, 6) is 0.955. The van der Waals surface area contributed by atoms with Crippen molar-refractivity contribution in [3.8, 4) is 15.6 Å². The van der Waals surface area contributed by atoms with Gasteiger partial charge in [-0.3, -0.25) is 4.79 Å². The van der Waals surface area contributed by atoms with E-state index in [4.69, 9.17) is 4.74 Å². The maximum atomic E-state index is 13.1. The Kier molecular flexibility index (Phi) is 5.04. The van der Waals surface area contributed by atoms with Crippen molar-refractivity contribution >= 4 is 28.6 Å². The zero-order valence-corrected chi connectivity index (χ0v) is 16.2. The molecule has 3 aromatic rings. The number of amides is 1. The molecule has 0 N–H and O–H groups in total. The monoisotopic (exact) mass is 384 g/mol. The Labute approximate surface area is 161 Å². The molecule has 6 heteroatoms. The number of thiazole rings is 1. The molecular formula is C20H20N2O2S2. The summed E-state index contributed by atoms with van der Waals surface area (Å²) in [6, 6.07) is 12.3. The molecule has 0 spiro atoms. The minimum absolute atomic E-state index is 0.0849. The van der Waals surface area contributed by atoms with Crippen LogP contribution >= 0.6 is 22.7 Å². The lowest BCUT2D eigenvalue weighted by Crippen LogP contribution is -2.29. The molecule has 1 saturated heterocycles.